The largest absolute Gasteiger partial charge is 0.466 e. The summed E-state index contributed by atoms with van der Waals surface area (Å²) in [5.74, 6) is -0.0561. The van der Waals surface area contributed by atoms with Crippen LogP contribution in [0.4, 0.5) is 0 Å². The maximum Gasteiger partial charge on any atom is 0.307 e. The third-order valence-electron chi connectivity index (χ3n) is 4.61. The maximum absolute atomic E-state index is 12.1. The molecule has 2 rings (SSSR count). The second kappa shape index (κ2) is 6.90. The van der Waals surface area contributed by atoms with Crippen molar-refractivity contribution in [2.24, 2.45) is 0 Å². The Balaban J connectivity index is 2.14. The fraction of sp³-hybridized carbons (Fsp3) is 0.938. The quantitative estimate of drug-likeness (QED) is 0.744. The molecule has 4 nitrogen and oxygen atoms in total. The number of ether oxygens (including phenoxy) is 2. The van der Waals surface area contributed by atoms with Crippen molar-refractivity contribution >= 4 is 5.97 Å². The third-order valence-corrected chi connectivity index (χ3v) is 4.61. The molecule has 0 bridgehead atoms. The van der Waals surface area contributed by atoms with E-state index in [4.69, 9.17) is 9.47 Å². The molecule has 2 saturated heterocycles. The van der Waals surface area contributed by atoms with Crippen LogP contribution in [0.5, 0.6) is 0 Å². The summed E-state index contributed by atoms with van der Waals surface area (Å²) in [6, 6.07) is 0. The van der Waals surface area contributed by atoms with E-state index in [1.165, 1.54) is 19.3 Å². The fourth-order valence-electron chi connectivity index (χ4n) is 4.01. The van der Waals surface area contributed by atoms with E-state index in [1.54, 1.807) is 0 Å². The van der Waals surface area contributed by atoms with Crippen molar-refractivity contribution in [3.8, 4) is 0 Å². The summed E-state index contributed by atoms with van der Waals surface area (Å²) in [7, 11) is 0. The molecule has 0 aromatic heterocycles. The smallest absolute Gasteiger partial charge is 0.307 e. The number of rotatable bonds is 4. The SMILES string of the molecule is CCOC(=O)CC1(N2CCCCC2)CC(C)OC(C)C1. The van der Waals surface area contributed by atoms with E-state index in [9.17, 15) is 4.79 Å². The van der Waals surface area contributed by atoms with Crippen LogP contribution in [0.15, 0.2) is 0 Å². The van der Waals surface area contributed by atoms with E-state index < -0.39 is 0 Å². The van der Waals surface area contributed by atoms with Crippen molar-refractivity contribution in [3.63, 3.8) is 0 Å². The Hall–Kier alpha value is -0.610. The molecule has 0 radical (unpaired) electrons. The van der Waals surface area contributed by atoms with Crippen LogP contribution in [0.2, 0.25) is 0 Å². The van der Waals surface area contributed by atoms with Gasteiger partial charge in [-0.15, -0.1) is 0 Å². The van der Waals surface area contributed by atoms with E-state index in [-0.39, 0.29) is 23.7 Å². The van der Waals surface area contributed by atoms with Crippen LogP contribution in [-0.2, 0) is 14.3 Å². The number of carbonyl (C=O) groups is 1. The molecule has 0 saturated carbocycles. The Labute approximate surface area is 122 Å². The molecule has 116 valence electrons. The Morgan fingerprint density at radius 2 is 1.80 bits per heavy atom. The number of hydrogen-bond acceptors (Lipinski definition) is 4. The second-order valence-electron chi connectivity index (χ2n) is 6.42. The Morgan fingerprint density at radius 3 is 2.35 bits per heavy atom. The van der Waals surface area contributed by atoms with Crippen molar-refractivity contribution in [3.05, 3.63) is 0 Å². The van der Waals surface area contributed by atoms with Crippen LogP contribution >= 0.6 is 0 Å². The zero-order valence-corrected chi connectivity index (χ0v) is 13.2. The number of piperidine rings is 1. The van der Waals surface area contributed by atoms with Crippen LogP contribution in [0.25, 0.3) is 0 Å². The van der Waals surface area contributed by atoms with Gasteiger partial charge in [-0.25, -0.2) is 0 Å². The Morgan fingerprint density at radius 1 is 1.20 bits per heavy atom. The monoisotopic (exact) mass is 283 g/mol. The van der Waals surface area contributed by atoms with Gasteiger partial charge in [0, 0.05) is 5.54 Å². The summed E-state index contributed by atoms with van der Waals surface area (Å²) in [4.78, 5) is 14.6. The van der Waals surface area contributed by atoms with Gasteiger partial charge in [0.1, 0.15) is 0 Å². The standard InChI is InChI=1S/C16H29NO3/c1-4-19-15(18)12-16(17-8-6-5-7-9-17)10-13(2)20-14(3)11-16/h13-14H,4-12H2,1-3H3. The first-order valence-corrected chi connectivity index (χ1v) is 8.12. The van der Waals surface area contributed by atoms with Crippen molar-refractivity contribution in [2.75, 3.05) is 19.7 Å². The van der Waals surface area contributed by atoms with Gasteiger partial charge in [-0.05, 0) is 59.5 Å². The first-order valence-electron chi connectivity index (χ1n) is 8.12. The highest BCUT2D eigenvalue weighted by molar-refractivity contribution is 5.71. The average Bonchev–Trinajstić information content (AvgIpc) is 2.38. The molecule has 0 spiro atoms. The lowest BCUT2D eigenvalue weighted by Gasteiger charge is -2.50. The van der Waals surface area contributed by atoms with Gasteiger partial charge in [0.2, 0.25) is 0 Å². The normalized spacial score (nSPS) is 35.8. The average molecular weight is 283 g/mol. The number of likely N-dealkylation sites (tertiary alicyclic amines) is 1. The van der Waals surface area contributed by atoms with Gasteiger partial charge in [-0.1, -0.05) is 6.42 Å². The molecule has 0 aliphatic carbocycles. The van der Waals surface area contributed by atoms with Crippen molar-refractivity contribution in [2.45, 2.75) is 77.0 Å². The summed E-state index contributed by atoms with van der Waals surface area (Å²) in [5.41, 5.74) is -0.0518. The van der Waals surface area contributed by atoms with Gasteiger partial charge in [0.25, 0.3) is 0 Å². The first kappa shape index (κ1) is 15.8. The molecule has 2 aliphatic heterocycles. The third kappa shape index (κ3) is 3.73. The van der Waals surface area contributed by atoms with Gasteiger partial charge in [0.05, 0.1) is 25.2 Å². The molecule has 0 aromatic rings. The minimum absolute atomic E-state index is 0.0518. The fourth-order valence-corrected chi connectivity index (χ4v) is 4.01. The van der Waals surface area contributed by atoms with Crippen molar-refractivity contribution in [1.82, 2.24) is 4.90 Å². The number of nitrogens with zero attached hydrogens (tertiary/aromatic N) is 1. The predicted molar refractivity (Wildman–Crippen MR) is 78.6 cm³/mol. The first-order chi connectivity index (χ1) is 9.55. The molecule has 4 heteroatoms. The maximum atomic E-state index is 12.1. The van der Waals surface area contributed by atoms with Gasteiger partial charge < -0.3 is 9.47 Å². The molecular weight excluding hydrogens is 254 g/mol. The highest BCUT2D eigenvalue weighted by Crippen LogP contribution is 2.38. The topological polar surface area (TPSA) is 38.8 Å². The summed E-state index contributed by atoms with van der Waals surface area (Å²) >= 11 is 0. The lowest BCUT2D eigenvalue weighted by molar-refractivity contribution is -0.155. The van der Waals surface area contributed by atoms with Gasteiger partial charge >= 0.3 is 5.97 Å². The van der Waals surface area contributed by atoms with Crippen LogP contribution in [0, 0.1) is 0 Å². The Bertz CT molecular complexity index is 316. The van der Waals surface area contributed by atoms with Crippen molar-refractivity contribution in [1.29, 1.82) is 0 Å². The highest BCUT2D eigenvalue weighted by Gasteiger charge is 2.45. The molecule has 20 heavy (non-hydrogen) atoms. The van der Waals surface area contributed by atoms with Gasteiger partial charge in [-0.3, -0.25) is 9.69 Å². The van der Waals surface area contributed by atoms with Gasteiger partial charge in [-0.2, -0.15) is 0 Å². The van der Waals surface area contributed by atoms with Crippen molar-refractivity contribution < 1.29 is 14.3 Å². The molecule has 0 N–H and O–H groups in total. The van der Waals surface area contributed by atoms with Crippen LogP contribution < -0.4 is 0 Å². The van der Waals surface area contributed by atoms with E-state index in [0.717, 1.165) is 25.9 Å². The molecule has 2 aliphatic rings. The number of esters is 1. The summed E-state index contributed by atoms with van der Waals surface area (Å²) in [6.07, 6.45) is 6.63. The molecule has 2 unspecified atom stereocenters. The van der Waals surface area contributed by atoms with E-state index in [2.05, 4.69) is 18.7 Å². The molecule has 2 fully saturated rings. The second-order valence-corrected chi connectivity index (χ2v) is 6.42. The predicted octanol–water partition coefficient (Wildman–Crippen LogP) is 2.75. The molecule has 0 aromatic carbocycles. The highest BCUT2D eigenvalue weighted by atomic mass is 16.5. The molecule has 0 amide bonds. The van der Waals surface area contributed by atoms with E-state index >= 15 is 0 Å². The number of carbonyl (C=O) groups excluding carboxylic acids is 1. The summed E-state index contributed by atoms with van der Waals surface area (Å²) < 4.78 is 11.1. The summed E-state index contributed by atoms with van der Waals surface area (Å²) in [6.45, 7) is 8.81. The zero-order valence-electron chi connectivity index (χ0n) is 13.2. The molecular formula is C16H29NO3. The molecule has 2 atom stereocenters. The van der Waals surface area contributed by atoms with Gasteiger partial charge in [0.15, 0.2) is 0 Å². The van der Waals surface area contributed by atoms with E-state index in [0.29, 0.717) is 13.0 Å². The lowest BCUT2D eigenvalue weighted by atomic mass is 9.78. The Kier molecular flexibility index (Phi) is 5.44. The zero-order chi connectivity index (χ0) is 14.6. The number of hydrogen-bond donors (Lipinski definition) is 0. The van der Waals surface area contributed by atoms with Crippen LogP contribution in [-0.4, -0.2) is 48.3 Å². The van der Waals surface area contributed by atoms with E-state index in [1.807, 2.05) is 6.92 Å². The van der Waals surface area contributed by atoms with Crippen LogP contribution in [0.3, 0.4) is 0 Å². The molecule has 2 heterocycles. The minimum Gasteiger partial charge on any atom is -0.466 e. The lowest BCUT2D eigenvalue weighted by Crippen LogP contribution is -2.58. The summed E-state index contributed by atoms with van der Waals surface area (Å²) in [5, 5.41) is 0. The van der Waals surface area contributed by atoms with Crippen LogP contribution in [0.1, 0.15) is 59.3 Å². The minimum atomic E-state index is -0.0561.